The Morgan fingerprint density at radius 3 is 2.65 bits per heavy atom. The predicted molar refractivity (Wildman–Crippen MR) is 131 cm³/mol. The van der Waals surface area contributed by atoms with E-state index in [1.54, 1.807) is 12.4 Å². The number of nitrogens with one attached hydrogen (secondary N) is 1. The lowest BCUT2D eigenvalue weighted by molar-refractivity contribution is 0.0704. The summed E-state index contributed by atoms with van der Waals surface area (Å²) in [5.74, 6) is 0.488. The van der Waals surface area contributed by atoms with Crippen LogP contribution in [0.15, 0.2) is 53.6 Å². The molecule has 1 unspecified atom stereocenters. The number of aromatic nitrogens is 5. The minimum atomic E-state index is -0.139. The fourth-order valence-electron chi connectivity index (χ4n) is 4.56. The molecule has 1 aliphatic rings. The molecule has 4 aromatic rings. The Morgan fingerprint density at radius 2 is 1.85 bits per heavy atom. The first kappa shape index (κ1) is 21.8. The zero-order valence-corrected chi connectivity index (χ0v) is 19.5. The third-order valence-electron chi connectivity index (χ3n) is 6.47. The molecule has 2 aromatic carbocycles. The first-order chi connectivity index (χ1) is 16.4. The highest BCUT2D eigenvalue weighted by Crippen LogP contribution is 2.22. The highest BCUT2D eigenvalue weighted by Gasteiger charge is 2.28. The molecule has 5 rings (SSSR count). The third-order valence-corrected chi connectivity index (χ3v) is 6.47. The first-order valence-electron chi connectivity index (χ1n) is 11.5. The molecule has 1 atom stereocenters. The van der Waals surface area contributed by atoms with E-state index < -0.39 is 0 Å². The van der Waals surface area contributed by atoms with Gasteiger partial charge in [-0.1, -0.05) is 23.8 Å². The number of fused-ring (bicyclic) bond motifs is 1. The van der Waals surface area contributed by atoms with Crippen LogP contribution in [0.1, 0.15) is 34.8 Å². The first-order valence-corrected chi connectivity index (χ1v) is 11.5. The van der Waals surface area contributed by atoms with Gasteiger partial charge in [-0.3, -0.25) is 14.6 Å². The number of aryl methyl sites for hydroxylation is 2. The number of nitrogens with zero attached hydrogens (tertiary/aromatic N) is 6. The van der Waals surface area contributed by atoms with Crippen LogP contribution < -0.4 is 10.5 Å². The van der Waals surface area contributed by atoms with Crippen molar-refractivity contribution in [3.05, 3.63) is 75.8 Å². The van der Waals surface area contributed by atoms with E-state index in [0.29, 0.717) is 47.7 Å². The topological polar surface area (TPSA) is 100 Å². The number of carbonyl (C=O) groups excluding carboxylic acids is 1. The molecular weight excluding hydrogens is 430 g/mol. The van der Waals surface area contributed by atoms with Crippen molar-refractivity contribution in [3.8, 4) is 5.69 Å². The lowest BCUT2D eigenvalue weighted by atomic mass is 10.1. The number of rotatable bonds is 3. The van der Waals surface area contributed by atoms with Crippen molar-refractivity contribution in [3.63, 3.8) is 0 Å². The average Bonchev–Trinajstić information content (AvgIpc) is 3.28. The van der Waals surface area contributed by atoms with E-state index in [9.17, 15) is 9.59 Å². The smallest absolute Gasteiger partial charge is 0.260 e. The van der Waals surface area contributed by atoms with Gasteiger partial charge in [0.1, 0.15) is 0 Å². The number of aromatic amines is 1. The highest BCUT2D eigenvalue weighted by molar-refractivity contribution is 5.98. The molecule has 9 heteroatoms. The molecule has 0 radical (unpaired) electrons. The summed E-state index contributed by atoms with van der Waals surface area (Å²) in [6.45, 7) is 7.70. The van der Waals surface area contributed by atoms with Crippen molar-refractivity contribution in [2.24, 2.45) is 0 Å². The second-order valence-electron chi connectivity index (χ2n) is 8.82. The molecule has 1 aliphatic heterocycles. The van der Waals surface area contributed by atoms with Gasteiger partial charge < -0.3 is 9.80 Å². The largest absolute Gasteiger partial charge is 0.340 e. The lowest BCUT2D eigenvalue weighted by Gasteiger charge is -2.27. The quantitative estimate of drug-likeness (QED) is 0.508. The Bertz CT molecular complexity index is 1410. The van der Waals surface area contributed by atoms with Gasteiger partial charge in [0.05, 0.1) is 34.5 Å². The molecule has 1 N–H and O–H groups in total. The van der Waals surface area contributed by atoms with E-state index in [-0.39, 0.29) is 17.5 Å². The maximum atomic E-state index is 13.7. The lowest BCUT2D eigenvalue weighted by Crippen LogP contribution is -2.40. The minimum absolute atomic E-state index is 0.0193. The Balaban J connectivity index is 1.43. The summed E-state index contributed by atoms with van der Waals surface area (Å²) in [4.78, 5) is 39.6. The van der Waals surface area contributed by atoms with E-state index in [1.165, 1.54) is 4.80 Å². The summed E-state index contributed by atoms with van der Waals surface area (Å²) < 4.78 is 0. The zero-order chi connectivity index (χ0) is 23.8. The van der Waals surface area contributed by atoms with Crippen LogP contribution in [0.25, 0.3) is 16.6 Å². The van der Waals surface area contributed by atoms with Crippen molar-refractivity contribution in [1.82, 2.24) is 29.9 Å². The Morgan fingerprint density at radius 1 is 1.06 bits per heavy atom. The average molecular weight is 458 g/mol. The van der Waals surface area contributed by atoms with Crippen LogP contribution in [0.2, 0.25) is 0 Å². The molecule has 0 bridgehead atoms. The molecule has 174 valence electrons. The van der Waals surface area contributed by atoms with Crippen LogP contribution in [0, 0.1) is 13.8 Å². The normalized spacial score (nSPS) is 16.6. The van der Waals surface area contributed by atoms with Gasteiger partial charge in [-0.25, -0.2) is 4.98 Å². The van der Waals surface area contributed by atoms with Gasteiger partial charge >= 0.3 is 0 Å². The van der Waals surface area contributed by atoms with Gasteiger partial charge in [0.2, 0.25) is 5.95 Å². The summed E-state index contributed by atoms with van der Waals surface area (Å²) in [6, 6.07) is 11.4. The minimum Gasteiger partial charge on any atom is -0.340 e. The molecule has 1 fully saturated rings. The fourth-order valence-corrected chi connectivity index (χ4v) is 4.56. The Labute approximate surface area is 197 Å². The van der Waals surface area contributed by atoms with Gasteiger partial charge in [0.25, 0.3) is 11.5 Å². The zero-order valence-electron chi connectivity index (χ0n) is 19.5. The number of hydrogen-bond donors (Lipinski definition) is 1. The predicted octanol–water partition coefficient (Wildman–Crippen LogP) is 2.86. The molecular formula is C25H27N7O2. The van der Waals surface area contributed by atoms with E-state index >= 15 is 0 Å². The molecule has 1 saturated heterocycles. The van der Waals surface area contributed by atoms with Crippen molar-refractivity contribution in [1.29, 1.82) is 0 Å². The van der Waals surface area contributed by atoms with E-state index in [2.05, 4.69) is 27.0 Å². The Kier molecular flexibility index (Phi) is 5.61. The molecule has 2 aromatic heterocycles. The summed E-state index contributed by atoms with van der Waals surface area (Å²) in [5.41, 5.74) is 3.67. The number of carbonyl (C=O) groups is 1. The van der Waals surface area contributed by atoms with Gasteiger partial charge in [0, 0.05) is 25.7 Å². The molecule has 0 spiro atoms. The summed E-state index contributed by atoms with van der Waals surface area (Å²) in [7, 11) is 0. The second-order valence-corrected chi connectivity index (χ2v) is 8.82. The van der Waals surface area contributed by atoms with Crippen molar-refractivity contribution in [2.45, 2.75) is 33.2 Å². The van der Waals surface area contributed by atoms with E-state index in [1.807, 2.05) is 55.1 Å². The van der Waals surface area contributed by atoms with Gasteiger partial charge in [0.15, 0.2) is 0 Å². The van der Waals surface area contributed by atoms with Crippen molar-refractivity contribution < 1.29 is 4.79 Å². The van der Waals surface area contributed by atoms with E-state index in [4.69, 9.17) is 4.98 Å². The van der Waals surface area contributed by atoms with Crippen molar-refractivity contribution in [2.75, 3.05) is 24.5 Å². The number of anilines is 1. The van der Waals surface area contributed by atoms with Crippen LogP contribution in [-0.2, 0) is 0 Å². The van der Waals surface area contributed by atoms with Crippen LogP contribution in [-0.4, -0.2) is 61.4 Å². The molecule has 3 heterocycles. The molecule has 0 aliphatic carbocycles. The number of hydrogen-bond acceptors (Lipinski definition) is 6. The monoisotopic (exact) mass is 457 g/mol. The standard InChI is InChI=1S/C25H27N7O2/c1-16-7-8-21(32-26-10-11-27-32)19(15-16)24(34)31-14-13-30(12-9-18(31)3)25-28-20-6-4-5-17(2)22(20)23(33)29-25/h4-8,10-11,15,18H,9,12-14H2,1-3H3,(H,28,29,33). The number of amides is 1. The number of H-pyrrole nitrogens is 1. The molecule has 34 heavy (non-hydrogen) atoms. The fraction of sp³-hybridized carbons (Fsp3) is 0.320. The summed E-state index contributed by atoms with van der Waals surface area (Å²) in [6.07, 6.45) is 3.95. The second kappa shape index (κ2) is 8.74. The summed E-state index contributed by atoms with van der Waals surface area (Å²) in [5, 5.41) is 9.05. The third kappa shape index (κ3) is 3.93. The van der Waals surface area contributed by atoms with Gasteiger partial charge in [-0.15, -0.1) is 0 Å². The van der Waals surface area contributed by atoms with Gasteiger partial charge in [-0.05, 0) is 51.0 Å². The van der Waals surface area contributed by atoms with Crippen LogP contribution >= 0.6 is 0 Å². The van der Waals surface area contributed by atoms with Crippen LogP contribution in [0.3, 0.4) is 0 Å². The molecule has 0 saturated carbocycles. The van der Waals surface area contributed by atoms with Crippen LogP contribution in [0.5, 0.6) is 0 Å². The van der Waals surface area contributed by atoms with Gasteiger partial charge in [-0.2, -0.15) is 15.0 Å². The van der Waals surface area contributed by atoms with E-state index in [0.717, 1.165) is 17.5 Å². The molecule has 9 nitrogen and oxygen atoms in total. The maximum Gasteiger partial charge on any atom is 0.260 e. The summed E-state index contributed by atoms with van der Waals surface area (Å²) >= 11 is 0. The van der Waals surface area contributed by atoms with Crippen LogP contribution in [0.4, 0.5) is 5.95 Å². The number of benzene rings is 2. The SMILES string of the molecule is Cc1ccc(-n2nccn2)c(C(=O)N2CCN(c3nc4cccc(C)c4c(=O)[nH]3)CCC2C)c1. The molecule has 1 amide bonds. The Hall–Kier alpha value is -4.01. The van der Waals surface area contributed by atoms with Crippen molar-refractivity contribution >= 4 is 22.8 Å². The highest BCUT2D eigenvalue weighted by atomic mass is 16.2. The maximum absolute atomic E-state index is 13.7.